The first-order chi connectivity index (χ1) is 20.2. The molecule has 14 heteroatoms. The van der Waals surface area contributed by atoms with E-state index in [1.54, 1.807) is 63.6 Å². The number of ether oxygens (including phenoxy) is 2. The van der Waals surface area contributed by atoms with E-state index in [4.69, 9.17) is 15.2 Å². The lowest BCUT2D eigenvalue weighted by molar-refractivity contribution is -0.384. The summed E-state index contributed by atoms with van der Waals surface area (Å²) in [5.74, 6) is 1.16. The van der Waals surface area contributed by atoms with Crippen molar-refractivity contribution in [3.63, 3.8) is 0 Å². The number of nitrogen functional groups attached to an aromatic ring is 1. The summed E-state index contributed by atoms with van der Waals surface area (Å²) in [5, 5.41) is 21.7. The molecular formula is C28H30N8O6. The SMILES string of the molecule is CNC(=O)c1cc(Oc2ccc(NC)c(N)c2)ccn1.CNC(=O)c1cc(Oc2ccc(NC)c([N+](=O)[O-])c2)ccn1. The third kappa shape index (κ3) is 8.05. The second-order valence-electron chi connectivity index (χ2n) is 8.30. The van der Waals surface area contributed by atoms with Gasteiger partial charge in [0.05, 0.1) is 22.4 Å². The second kappa shape index (κ2) is 14.5. The molecule has 0 aliphatic rings. The molecule has 4 aromatic rings. The van der Waals surface area contributed by atoms with Crippen LogP contribution in [-0.2, 0) is 0 Å². The number of carbonyl (C=O) groups is 2. The monoisotopic (exact) mass is 574 g/mol. The molecule has 0 spiro atoms. The molecule has 2 amide bonds. The number of benzene rings is 2. The van der Waals surface area contributed by atoms with Crippen LogP contribution >= 0.6 is 0 Å². The van der Waals surface area contributed by atoms with Crippen LogP contribution < -0.4 is 36.5 Å². The summed E-state index contributed by atoms with van der Waals surface area (Å²) in [5.41, 5.74) is 8.07. The zero-order chi connectivity index (χ0) is 30.6. The van der Waals surface area contributed by atoms with Gasteiger partial charge in [-0.15, -0.1) is 0 Å². The number of anilines is 3. The van der Waals surface area contributed by atoms with Crippen LogP contribution in [0.2, 0.25) is 0 Å². The number of amides is 2. The topological polar surface area (TPSA) is 196 Å². The molecule has 4 rings (SSSR count). The molecule has 14 nitrogen and oxygen atoms in total. The van der Waals surface area contributed by atoms with Crippen LogP contribution in [-0.4, -0.2) is 54.9 Å². The normalized spacial score (nSPS) is 9.90. The molecule has 0 radical (unpaired) electrons. The van der Waals surface area contributed by atoms with Crippen molar-refractivity contribution in [1.29, 1.82) is 0 Å². The summed E-state index contributed by atoms with van der Waals surface area (Å²) in [6.45, 7) is 0. The molecule has 2 aromatic carbocycles. The van der Waals surface area contributed by atoms with E-state index in [1.165, 1.54) is 31.6 Å². The van der Waals surface area contributed by atoms with Crippen LogP contribution in [0.25, 0.3) is 0 Å². The summed E-state index contributed by atoms with van der Waals surface area (Å²) in [4.78, 5) is 41.4. The molecule has 0 fully saturated rings. The highest BCUT2D eigenvalue weighted by Crippen LogP contribution is 2.31. The average molecular weight is 575 g/mol. The van der Waals surface area contributed by atoms with E-state index >= 15 is 0 Å². The van der Waals surface area contributed by atoms with Crippen molar-refractivity contribution in [1.82, 2.24) is 20.6 Å². The van der Waals surface area contributed by atoms with Gasteiger partial charge in [-0.1, -0.05) is 0 Å². The van der Waals surface area contributed by atoms with Crippen molar-refractivity contribution in [2.24, 2.45) is 0 Å². The summed E-state index contributed by atoms with van der Waals surface area (Å²) in [6.07, 6.45) is 2.95. The molecule has 0 aliphatic heterocycles. The number of pyridine rings is 2. The molecule has 6 N–H and O–H groups in total. The predicted molar refractivity (Wildman–Crippen MR) is 158 cm³/mol. The fraction of sp³-hybridized carbons (Fsp3) is 0.143. The van der Waals surface area contributed by atoms with E-state index in [1.807, 2.05) is 6.07 Å². The number of hydrogen-bond donors (Lipinski definition) is 5. The van der Waals surface area contributed by atoms with E-state index in [0.29, 0.717) is 40.1 Å². The van der Waals surface area contributed by atoms with Crippen LogP contribution in [0.5, 0.6) is 23.0 Å². The van der Waals surface area contributed by atoms with Crippen molar-refractivity contribution in [2.75, 3.05) is 44.6 Å². The molecule has 0 saturated carbocycles. The van der Waals surface area contributed by atoms with Crippen molar-refractivity contribution < 1.29 is 24.0 Å². The number of nitrogens with zero attached hydrogens (tertiary/aromatic N) is 3. The number of hydrogen-bond acceptors (Lipinski definition) is 11. The molecular weight excluding hydrogens is 544 g/mol. The van der Waals surface area contributed by atoms with E-state index in [9.17, 15) is 19.7 Å². The minimum atomic E-state index is -0.499. The third-order valence-electron chi connectivity index (χ3n) is 5.58. The van der Waals surface area contributed by atoms with Gasteiger partial charge in [-0.05, 0) is 36.4 Å². The van der Waals surface area contributed by atoms with Crippen molar-refractivity contribution in [3.05, 3.63) is 94.6 Å². The molecule has 0 aliphatic carbocycles. The van der Waals surface area contributed by atoms with Crippen molar-refractivity contribution in [2.45, 2.75) is 0 Å². The highest BCUT2D eigenvalue weighted by molar-refractivity contribution is 5.92. The number of rotatable bonds is 9. The summed E-state index contributed by atoms with van der Waals surface area (Å²) < 4.78 is 11.2. The first-order valence-corrected chi connectivity index (χ1v) is 12.4. The van der Waals surface area contributed by atoms with Gasteiger partial charge in [-0.2, -0.15) is 0 Å². The molecule has 0 unspecified atom stereocenters. The molecule has 42 heavy (non-hydrogen) atoms. The first kappa shape index (κ1) is 30.6. The Morgan fingerprint density at radius 2 is 1.17 bits per heavy atom. The lowest BCUT2D eigenvalue weighted by Gasteiger charge is -2.10. The summed E-state index contributed by atoms with van der Waals surface area (Å²) in [6, 6.07) is 16.1. The third-order valence-corrected chi connectivity index (χ3v) is 5.58. The van der Waals surface area contributed by atoms with Crippen LogP contribution in [0.15, 0.2) is 73.1 Å². The Bertz CT molecular complexity index is 1580. The van der Waals surface area contributed by atoms with Gasteiger partial charge >= 0.3 is 0 Å². The zero-order valence-electron chi connectivity index (χ0n) is 23.3. The fourth-order valence-electron chi connectivity index (χ4n) is 3.50. The van der Waals surface area contributed by atoms with Gasteiger partial charge in [0, 0.05) is 58.8 Å². The zero-order valence-corrected chi connectivity index (χ0v) is 23.3. The molecule has 2 heterocycles. The van der Waals surface area contributed by atoms with E-state index in [-0.39, 0.29) is 23.2 Å². The lowest BCUT2D eigenvalue weighted by Crippen LogP contribution is -2.18. The van der Waals surface area contributed by atoms with Gasteiger partial charge in [-0.3, -0.25) is 29.7 Å². The average Bonchev–Trinajstić information content (AvgIpc) is 3.01. The Hall–Kier alpha value is -5.92. The molecule has 0 atom stereocenters. The quantitative estimate of drug-likeness (QED) is 0.110. The van der Waals surface area contributed by atoms with Crippen LogP contribution in [0, 0.1) is 10.1 Å². The van der Waals surface area contributed by atoms with E-state index in [2.05, 4.69) is 31.2 Å². The molecule has 2 aromatic heterocycles. The number of aromatic nitrogens is 2. The number of nitro groups is 1. The summed E-state index contributed by atoms with van der Waals surface area (Å²) >= 11 is 0. The Balaban J connectivity index is 0.000000231. The van der Waals surface area contributed by atoms with Gasteiger partial charge in [0.15, 0.2) is 0 Å². The Kier molecular flexibility index (Phi) is 10.5. The lowest BCUT2D eigenvalue weighted by atomic mass is 10.2. The van der Waals surface area contributed by atoms with Crippen LogP contribution in [0.4, 0.5) is 22.7 Å². The smallest absolute Gasteiger partial charge is 0.296 e. The highest BCUT2D eigenvalue weighted by Gasteiger charge is 2.15. The Morgan fingerprint density at radius 3 is 1.60 bits per heavy atom. The Morgan fingerprint density at radius 1 is 0.714 bits per heavy atom. The van der Waals surface area contributed by atoms with Crippen LogP contribution in [0.1, 0.15) is 21.0 Å². The highest BCUT2D eigenvalue weighted by atomic mass is 16.6. The number of nitrogens with two attached hydrogens (primary N) is 1. The molecule has 218 valence electrons. The van der Waals surface area contributed by atoms with Gasteiger partial charge in [0.25, 0.3) is 17.5 Å². The van der Waals surface area contributed by atoms with Gasteiger partial charge in [0.2, 0.25) is 0 Å². The number of carbonyl (C=O) groups excluding carboxylic acids is 2. The standard InChI is InChI=1S/C14H14N4O4.C14H16N4O2/c1-15-11-4-3-9(8-13(11)18(20)21)22-10-5-6-17-12(7-10)14(19)16-2;1-16-12-4-3-9(7-11(12)15)20-10-5-6-18-13(8-10)14(19)17-2/h3-8,15H,1-2H3,(H,16,19);3-8,16H,15H2,1-2H3,(H,17,19). The van der Waals surface area contributed by atoms with Crippen molar-refractivity contribution in [3.8, 4) is 23.0 Å². The number of nitrogens with one attached hydrogen (secondary N) is 4. The van der Waals surface area contributed by atoms with Gasteiger partial charge < -0.3 is 36.5 Å². The maximum atomic E-state index is 11.5. The minimum absolute atomic E-state index is 0.0967. The minimum Gasteiger partial charge on any atom is -0.457 e. The molecule has 0 saturated heterocycles. The van der Waals surface area contributed by atoms with Gasteiger partial charge in [-0.25, -0.2) is 0 Å². The van der Waals surface area contributed by atoms with Crippen molar-refractivity contribution >= 4 is 34.6 Å². The number of nitro benzene ring substituents is 1. The summed E-state index contributed by atoms with van der Waals surface area (Å²) in [7, 11) is 6.44. The van der Waals surface area contributed by atoms with Crippen LogP contribution in [0.3, 0.4) is 0 Å². The largest absolute Gasteiger partial charge is 0.457 e. The fourth-order valence-corrected chi connectivity index (χ4v) is 3.50. The van der Waals surface area contributed by atoms with E-state index < -0.39 is 4.92 Å². The maximum absolute atomic E-state index is 11.5. The Labute approximate surface area is 241 Å². The maximum Gasteiger partial charge on any atom is 0.296 e. The van der Waals surface area contributed by atoms with E-state index in [0.717, 1.165) is 5.69 Å². The molecule has 0 bridgehead atoms. The second-order valence-corrected chi connectivity index (χ2v) is 8.30. The van der Waals surface area contributed by atoms with Gasteiger partial charge in [0.1, 0.15) is 40.1 Å². The first-order valence-electron chi connectivity index (χ1n) is 12.4. The predicted octanol–water partition coefficient (Wildman–Crippen LogP) is 4.04.